The average Bonchev–Trinajstić information content (AvgIpc) is 2.70. The van der Waals surface area contributed by atoms with E-state index in [1.807, 2.05) is 19.0 Å². The fraction of sp³-hybridized carbons (Fsp3) is 0.600. The molecule has 0 saturated carbocycles. The van der Waals surface area contributed by atoms with Gasteiger partial charge in [0.2, 0.25) is 0 Å². The second-order valence-electron chi connectivity index (χ2n) is 5.86. The lowest BCUT2D eigenvalue weighted by molar-refractivity contribution is 0.266. The van der Waals surface area contributed by atoms with Crippen LogP contribution in [0, 0.1) is 17.6 Å². The molecule has 5 heteroatoms. The number of rotatable bonds is 4. The first-order chi connectivity index (χ1) is 9.43. The highest BCUT2D eigenvalue weighted by Gasteiger charge is 2.33. The summed E-state index contributed by atoms with van der Waals surface area (Å²) in [6.45, 7) is 3.83. The van der Waals surface area contributed by atoms with Crippen molar-refractivity contribution in [3.63, 3.8) is 0 Å². The third kappa shape index (κ3) is 2.94. The van der Waals surface area contributed by atoms with Gasteiger partial charge < -0.3 is 15.5 Å². The van der Waals surface area contributed by atoms with Gasteiger partial charge in [-0.05, 0) is 50.7 Å². The lowest BCUT2D eigenvalue weighted by Gasteiger charge is -2.23. The standard InChI is InChI=1S/C15H23F2N3/c1-10-8-20(9-14(10)19(2)3)15-12(16)6-11(4-5-18)7-13(15)17/h6-7,10,14H,4-5,8-9,18H2,1-3H3. The molecule has 1 heterocycles. The van der Waals surface area contributed by atoms with Crippen LogP contribution in [0.25, 0.3) is 0 Å². The van der Waals surface area contributed by atoms with E-state index in [9.17, 15) is 8.78 Å². The summed E-state index contributed by atoms with van der Waals surface area (Å²) in [5.41, 5.74) is 6.14. The molecule has 0 amide bonds. The quantitative estimate of drug-likeness (QED) is 0.915. The third-order valence-corrected chi connectivity index (χ3v) is 4.06. The summed E-state index contributed by atoms with van der Waals surface area (Å²) in [5, 5.41) is 0. The molecule has 0 spiro atoms. The Morgan fingerprint density at radius 1 is 1.25 bits per heavy atom. The first kappa shape index (κ1) is 15.2. The van der Waals surface area contributed by atoms with Crippen molar-refractivity contribution in [1.29, 1.82) is 0 Å². The van der Waals surface area contributed by atoms with E-state index in [1.54, 1.807) is 0 Å². The normalized spacial score (nSPS) is 22.9. The van der Waals surface area contributed by atoms with Crippen LogP contribution in [0.2, 0.25) is 0 Å². The van der Waals surface area contributed by atoms with Gasteiger partial charge in [0.05, 0.1) is 0 Å². The molecule has 1 fully saturated rings. The van der Waals surface area contributed by atoms with Crippen molar-refractivity contribution in [2.24, 2.45) is 11.7 Å². The lowest BCUT2D eigenvalue weighted by Crippen LogP contribution is -2.34. The molecule has 0 radical (unpaired) electrons. The van der Waals surface area contributed by atoms with Gasteiger partial charge in [-0.25, -0.2) is 8.78 Å². The molecule has 1 aliphatic rings. The van der Waals surface area contributed by atoms with Gasteiger partial charge in [-0.1, -0.05) is 6.92 Å². The number of likely N-dealkylation sites (N-methyl/N-ethyl adjacent to an activating group) is 1. The van der Waals surface area contributed by atoms with Gasteiger partial charge in [-0.2, -0.15) is 0 Å². The minimum Gasteiger partial charge on any atom is -0.365 e. The molecule has 0 aliphatic carbocycles. The smallest absolute Gasteiger partial charge is 0.149 e. The maximum Gasteiger partial charge on any atom is 0.149 e. The fourth-order valence-electron chi connectivity index (χ4n) is 3.04. The predicted octanol–water partition coefficient (Wildman–Crippen LogP) is 1.85. The van der Waals surface area contributed by atoms with E-state index in [4.69, 9.17) is 5.73 Å². The van der Waals surface area contributed by atoms with Crippen LogP contribution in [0.5, 0.6) is 0 Å². The topological polar surface area (TPSA) is 32.5 Å². The van der Waals surface area contributed by atoms with Crippen molar-refractivity contribution in [2.75, 3.05) is 38.6 Å². The van der Waals surface area contributed by atoms with E-state index >= 15 is 0 Å². The Hall–Kier alpha value is -1.20. The maximum atomic E-state index is 14.2. The van der Waals surface area contributed by atoms with Gasteiger partial charge in [-0.15, -0.1) is 0 Å². The number of anilines is 1. The van der Waals surface area contributed by atoms with Crippen molar-refractivity contribution in [3.8, 4) is 0 Å². The van der Waals surface area contributed by atoms with Crippen LogP contribution in [0.1, 0.15) is 12.5 Å². The lowest BCUT2D eigenvalue weighted by atomic mass is 10.1. The minimum atomic E-state index is -0.486. The Bertz CT molecular complexity index is 453. The van der Waals surface area contributed by atoms with E-state index in [2.05, 4.69) is 11.8 Å². The fourth-order valence-corrected chi connectivity index (χ4v) is 3.04. The number of hydrogen-bond acceptors (Lipinski definition) is 3. The van der Waals surface area contributed by atoms with E-state index in [0.717, 1.165) is 0 Å². The molecule has 3 nitrogen and oxygen atoms in total. The molecule has 1 aliphatic heterocycles. The number of halogens is 2. The van der Waals surface area contributed by atoms with Gasteiger partial charge in [0.25, 0.3) is 0 Å². The summed E-state index contributed by atoms with van der Waals surface area (Å²) in [7, 11) is 4.00. The molecule has 1 aromatic rings. The van der Waals surface area contributed by atoms with Crippen molar-refractivity contribution in [1.82, 2.24) is 4.90 Å². The van der Waals surface area contributed by atoms with Crippen LogP contribution in [-0.4, -0.2) is 44.7 Å². The van der Waals surface area contributed by atoms with Crippen LogP contribution < -0.4 is 10.6 Å². The molecule has 0 bridgehead atoms. The zero-order valence-electron chi connectivity index (χ0n) is 12.4. The highest BCUT2D eigenvalue weighted by Crippen LogP contribution is 2.31. The summed E-state index contributed by atoms with van der Waals surface area (Å²) in [6.07, 6.45) is 0.491. The number of nitrogens with zero attached hydrogens (tertiary/aromatic N) is 2. The van der Waals surface area contributed by atoms with Crippen molar-refractivity contribution in [2.45, 2.75) is 19.4 Å². The molecule has 2 unspecified atom stereocenters. The van der Waals surface area contributed by atoms with E-state index < -0.39 is 11.6 Å². The zero-order valence-corrected chi connectivity index (χ0v) is 12.4. The van der Waals surface area contributed by atoms with Crippen LogP contribution in [0.15, 0.2) is 12.1 Å². The maximum absolute atomic E-state index is 14.2. The largest absolute Gasteiger partial charge is 0.365 e. The Balaban J connectivity index is 2.26. The molecule has 2 rings (SSSR count). The number of nitrogens with two attached hydrogens (primary N) is 1. The van der Waals surface area contributed by atoms with Crippen LogP contribution in [-0.2, 0) is 6.42 Å². The van der Waals surface area contributed by atoms with Crippen molar-refractivity contribution >= 4 is 5.69 Å². The van der Waals surface area contributed by atoms with Crippen LogP contribution >= 0.6 is 0 Å². The summed E-state index contributed by atoms with van der Waals surface area (Å²) in [4.78, 5) is 3.93. The Morgan fingerprint density at radius 3 is 2.30 bits per heavy atom. The van der Waals surface area contributed by atoms with E-state index in [0.29, 0.717) is 43.6 Å². The molecular weight excluding hydrogens is 260 g/mol. The first-order valence-corrected chi connectivity index (χ1v) is 7.03. The number of benzene rings is 1. The Labute approximate surface area is 119 Å². The van der Waals surface area contributed by atoms with Gasteiger partial charge in [0.15, 0.2) is 0 Å². The van der Waals surface area contributed by atoms with Gasteiger partial charge in [-0.3, -0.25) is 0 Å². The third-order valence-electron chi connectivity index (χ3n) is 4.06. The van der Waals surface area contributed by atoms with Crippen LogP contribution in [0.3, 0.4) is 0 Å². The highest BCUT2D eigenvalue weighted by atomic mass is 19.1. The molecule has 1 aromatic carbocycles. The van der Waals surface area contributed by atoms with Crippen molar-refractivity contribution in [3.05, 3.63) is 29.3 Å². The monoisotopic (exact) mass is 283 g/mol. The van der Waals surface area contributed by atoms with Gasteiger partial charge in [0.1, 0.15) is 17.3 Å². The van der Waals surface area contributed by atoms with Crippen LogP contribution in [0.4, 0.5) is 14.5 Å². The average molecular weight is 283 g/mol. The second-order valence-corrected chi connectivity index (χ2v) is 5.86. The molecule has 2 atom stereocenters. The van der Waals surface area contributed by atoms with E-state index in [-0.39, 0.29) is 5.69 Å². The summed E-state index contributed by atoms with van der Waals surface area (Å²) in [5.74, 6) is -0.590. The summed E-state index contributed by atoms with van der Waals surface area (Å²) in [6, 6.07) is 3.12. The Kier molecular flexibility index (Phi) is 4.60. The zero-order chi connectivity index (χ0) is 14.9. The van der Waals surface area contributed by atoms with Crippen molar-refractivity contribution < 1.29 is 8.78 Å². The van der Waals surface area contributed by atoms with E-state index in [1.165, 1.54) is 12.1 Å². The van der Waals surface area contributed by atoms with Gasteiger partial charge >= 0.3 is 0 Å². The summed E-state index contributed by atoms with van der Waals surface area (Å²) >= 11 is 0. The predicted molar refractivity (Wildman–Crippen MR) is 78.0 cm³/mol. The molecule has 0 aromatic heterocycles. The molecule has 1 saturated heterocycles. The second kappa shape index (κ2) is 6.06. The summed E-state index contributed by atoms with van der Waals surface area (Å²) < 4.78 is 28.4. The molecule has 2 N–H and O–H groups in total. The highest BCUT2D eigenvalue weighted by molar-refractivity contribution is 5.52. The Morgan fingerprint density at radius 2 is 1.85 bits per heavy atom. The molecule has 20 heavy (non-hydrogen) atoms. The SMILES string of the molecule is CC1CN(c2c(F)cc(CCN)cc2F)CC1N(C)C. The number of hydrogen-bond donors (Lipinski definition) is 1. The minimum absolute atomic E-state index is 0.0990. The first-order valence-electron chi connectivity index (χ1n) is 7.03. The molecular formula is C15H23F2N3. The molecule has 112 valence electrons. The van der Waals surface area contributed by atoms with Gasteiger partial charge in [0, 0.05) is 19.1 Å².